The molecule has 0 fully saturated rings. The largest absolute Gasteiger partial charge is 0.395 e. The molecule has 0 aliphatic heterocycles. The summed E-state index contributed by atoms with van der Waals surface area (Å²) in [5.41, 5.74) is 6.50. The topological polar surface area (TPSA) is 67.5 Å². The molecular weight excluding hydrogens is 204 g/mol. The molecule has 1 rings (SSSR count). The number of nitrogens with two attached hydrogens (primary N) is 1. The minimum atomic E-state index is -0.0349. The molecular formula is C12H20N2O2. The van der Waals surface area contributed by atoms with Crippen LogP contribution >= 0.6 is 0 Å². The number of aliphatic hydroxyl groups is 1. The normalized spacial score (nSPS) is 12.6. The van der Waals surface area contributed by atoms with E-state index in [0.717, 1.165) is 5.56 Å². The van der Waals surface area contributed by atoms with Gasteiger partial charge < -0.3 is 20.9 Å². The van der Waals surface area contributed by atoms with Gasteiger partial charge in [-0.3, -0.25) is 0 Å². The Morgan fingerprint density at radius 3 is 2.69 bits per heavy atom. The van der Waals surface area contributed by atoms with Gasteiger partial charge in [0.15, 0.2) is 0 Å². The highest BCUT2D eigenvalue weighted by molar-refractivity contribution is 5.13. The van der Waals surface area contributed by atoms with Crippen LogP contribution in [0.1, 0.15) is 5.56 Å². The van der Waals surface area contributed by atoms with E-state index in [1.54, 1.807) is 0 Å². The maximum absolute atomic E-state index is 9.07. The zero-order chi connectivity index (χ0) is 11.6. The molecule has 0 aliphatic carbocycles. The average molecular weight is 224 g/mol. The quantitative estimate of drug-likeness (QED) is 0.586. The van der Waals surface area contributed by atoms with Crippen molar-refractivity contribution < 1.29 is 9.84 Å². The van der Waals surface area contributed by atoms with Crippen molar-refractivity contribution in [2.24, 2.45) is 5.73 Å². The molecule has 1 atom stereocenters. The van der Waals surface area contributed by atoms with E-state index in [4.69, 9.17) is 15.6 Å². The summed E-state index contributed by atoms with van der Waals surface area (Å²) in [5.74, 6) is 0. The van der Waals surface area contributed by atoms with Crippen molar-refractivity contribution in [3.63, 3.8) is 0 Å². The lowest BCUT2D eigenvalue weighted by atomic mass is 10.2. The summed E-state index contributed by atoms with van der Waals surface area (Å²) in [5, 5.41) is 12.2. The van der Waals surface area contributed by atoms with Crippen LogP contribution in [0, 0.1) is 0 Å². The first-order valence-corrected chi connectivity index (χ1v) is 5.52. The first-order valence-electron chi connectivity index (χ1n) is 5.52. The molecule has 90 valence electrons. The molecule has 4 nitrogen and oxygen atoms in total. The highest BCUT2D eigenvalue weighted by atomic mass is 16.5. The third-order valence-corrected chi connectivity index (χ3v) is 2.23. The van der Waals surface area contributed by atoms with E-state index in [9.17, 15) is 0 Å². The lowest BCUT2D eigenvalue weighted by molar-refractivity contribution is 0.0787. The number of nitrogens with one attached hydrogen (secondary N) is 1. The summed E-state index contributed by atoms with van der Waals surface area (Å²) in [6, 6.07) is 9.93. The van der Waals surface area contributed by atoms with E-state index >= 15 is 0 Å². The molecule has 4 heteroatoms. The summed E-state index contributed by atoms with van der Waals surface area (Å²) in [6.45, 7) is 2.39. The third kappa shape index (κ3) is 5.23. The molecule has 0 spiro atoms. The Hall–Kier alpha value is -0.940. The van der Waals surface area contributed by atoms with Crippen LogP contribution in [0.15, 0.2) is 30.3 Å². The Balaban J connectivity index is 2.18. The molecule has 0 aromatic heterocycles. The van der Waals surface area contributed by atoms with Crippen molar-refractivity contribution in [3.05, 3.63) is 35.9 Å². The van der Waals surface area contributed by atoms with Crippen LogP contribution in [0.5, 0.6) is 0 Å². The Morgan fingerprint density at radius 1 is 1.31 bits per heavy atom. The van der Waals surface area contributed by atoms with Crippen LogP contribution in [0.25, 0.3) is 0 Å². The number of rotatable bonds is 8. The minimum absolute atomic E-state index is 0.0349. The smallest absolute Gasteiger partial charge is 0.0717 e. The van der Waals surface area contributed by atoms with Crippen molar-refractivity contribution in [3.8, 4) is 0 Å². The van der Waals surface area contributed by atoms with Gasteiger partial charge in [0.05, 0.1) is 25.9 Å². The summed E-state index contributed by atoms with van der Waals surface area (Å²) >= 11 is 0. The summed E-state index contributed by atoms with van der Waals surface area (Å²) in [7, 11) is 0. The number of ether oxygens (including phenoxy) is 1. The number of aliphatic hydroxyl groups excluding tert-OH is 1. The monoisotopic (exact) mass is 224 g/mol. The average Bonchev–Trinajstić information content (AvgIpc) is 2.35. The number of hydrogen-bond donors (Lipinski definition) is 3. The second-order valence-electron chi connectivity index (χ2n) is 3.62. The zero-order valence-corrected chi connectivity index (χ0v) is 9.43. The standard InChI is InChI=1S/C12H20N2O2/c13-6-7-14-12(8-15)10-16-9-11-4-2-1-3-5-11/h1-5,12,14-15H,6-10,13H2/t12-/m1/s1. The summed E-state index contributed by atoms with van der Waals surface area (Å²) in [6.07, 6.45) is 0. The number of benzene rings is 1. The van der Waals surface area contributed by atoms with Crippen molar-refractivity contribution in [2.75, 3.05) is 26.3 Å². The second-order valence-corrected chi connectivity index (χ2v) is 3.62. The Bertz CT molecular complexity index is 267. The van der Waals surface area contributed by atoms with Gasteiger partial charge >= 0.3 is 0 Å². The van der Waals surface area contributed by atoms with Crippen molar-refractivity contribution in [2.45, 2.75) is 12.6 Å². The van der Waals surface area contributed by atoms with E-state index in [2.05, 4.69) is 5.32 Å². The maximum Gasteiger partial charge on any atom is 0.0717 e. The minimum Gasteiger partial charge on any atom is -0.395 e. The molecule has 1 aromatic carbocycles. The Labute approximate surface area is 96.4 Å². The zero-order valence-electron chi connectivity index (χ0n) is 9.43. The molecule has 0 saturated heterocycles. The second kappa shape index (κ2) is 8.24. The molecule has 0 aliphatic rings. The third-order valence-electron chi connectivity index (χ3n) is 2.23. The first kappa shape index (κ1) is 13.1. The molecule has 0 saturated carbocycles. The van der Waals surface area contributed by atoms with Gasteiger partial charge in [-0.15, -0.1) is 0 Å². The summed E-state index contributed by atoms with van der Waals surface area (Å²) < 4.78 is 5.51. The van der Waals surface area contributed by atoms with Gasteiger partial charge in [-0.05, 0) is 5.56 Å². The molecule has 0 radical (unpaired) electrons. The van der Waals surface area contributed by atoms with Gasteiger partial charge in [-0.25, -0.2) is 0 Å². The SMILES string of the molecule is NCCN[C@H](CO)COCc1ccccc1. The predicted octanol–water partition coefficient (Wildman–Crippen LogP) is 0.112. The van der Waals surface area contributed by atoms with Gasteiger partial charge in [0.2, 0.25) is 0 Å². The van der Waals surface area contributed by atoms with Gasteiger partial charge in [-0.1, -0.05) is 30.3 Å². The van der Waals surface area contributed by atoms with Crippen LogP contribution in [-0.4, -0.2) is 37.5 Å². The molecule has 1 aromatic rings. The molecule has 0 amide bonds. The van der Waals surface area contributed by atoms with E-state index < -0.39 is 0 Å². The van der Waals surface area contributed by atoms with Crippen molar-refractivity contribution >= 4 is 0 Å². The molecule has 0 heterocycles. The summed E-state index contributed by atoms with van der Waals surface area (Å²) in [4.78, 5) is 0. The maximum atomic E-state index is 9.07. The van der Waals surface area contributed by atoms with Gasteiger partial charge in [0, 0.05) is 13.1 Å². The highest BCUT2D eigenvalue weighted by Gasteiger charge is 2.05. The van der Waals surface area contributed by atoms with E-state index in [-0.39, 0.29) is 12.6 Å². The van der Waals surface area contributed by atoms with Crippen LogP contribution in [0.3, 0.4) is 0 Å². The molecule has 4 N–H and O–H groups in total. The lowest BCUT2D eigenvalue weighted by Gasteiger charge is -2.15. The van der Waals surface area contributed by atoms with Crippen molar-refractivity contribution in [1.29, 1.82) is 0 Å². The Kier molecular flexibility index (Phi) is 6.76. The first-order chi connectivity index (χ1) is 7.86. The van der Waals surface area contributed by atoms with E-state index in [1.807, 2.05) is 30.3 Å². The predicted molar refractivity (Wildman–Crippen MR) is 64.0 cm³/mol. The fourth-order valence-electron chi connectivity index (χ4n) is 1.36. The van der Waals surface area contributed by atoms with Crippen LogP contribution in [-0.2, 0) is 11.3 Å². The van der Waals surface area contributed by atoms with Gasteiger partial charge in [0.1, 0.15) is 0 Å². The lowest BCUT2D eigenvalue weighted by Crippen LogP contribution is -2.39. The van der Waals surface area contributed by atoms with Crippen LogP contribution in [0.2, 0.25) is 0 Å². The van der Waals surface area contributed by atoms with Crippen LogP contribution in [0.4, 0.5) is 0 Å². The van der Waals surface area contributed by atoms with Gasteiger partial charge in [0.25, 0.3) is 0 Å². The van der Waals surface area contributed by atoms with E-state index in [0.29, 0.717) is 26.3 Å². The molecule has 16 heavy (non-hydrogen) atoms. The fraction of sp³-hybridized carbons (Fsp3) is 0.500. The van der Waals surface area contributed by atoms with E-state index in [1.165, 1.54) is 0 Å². The van der Waals surface area contributed by atoms with Crippen molar-refractivity contribution in [1.82, 2.24) is 5.32 Å². The van der Waals surface area contributed by atoms with Gasteiger partial charge in [-0.2, -0.15) is 0 Å². The fourth-order valence-corrected chi connectivity index (χ4v) is 1.36. The Morgan fingerprint density at radius 2 is 2.06 bits per heavy atom. The number of hydrogen-bond acceptors (Lipinski definition) is 4. The highest BCUT2D eigenvalue weighted by Crippen LogP contribution is 2.00. The van der Waals surface area contributed by atoms with Crippen LogP contribution < -0.4 is 11.1 Å². The molecule has 0 unspecified atom stereocenters. The molecule has 0 bridgehead atoms.